The van der Waals surface area contributed by atoms with Crippen molar-refractivity contribution in [2.45, 2.75) is 32.9 Å². The molecule has 0 spiro atoms. The molecule has 0 fully saturated rings. The Morgan fingerprint density at radius 3 is 2.50 bits per heavy atom. The highest BCUT2D eigenvalue weighted by molar-refractivity contribution is 5.99. The molecule has 1 rings (SSSR count). The molecule has 1 N–H and O–H groups in total. The molecular weight excluding hydrogens is 302 g/mol. The number of ether oxygens (including phenoxy) is 2. The number of nitro benzene ring substituents is 1. The monoisotopic (exact) mass is 318 g/mol. The van der Waals surface area contributed by atoms with Gasteiger partial charge in [-0.15, -0.1) is 0 Å². The Kier molecular flexibility index (Phi) is 6.02. The second-order valence-electron chi connectivity index (χ2n) is 4.44. The van der Waals surface area contributed by atoms with Crippen LogP contribution in [-0.2, 0) is 0 Å². The smallest absolute Gasteiger partial charge is 0.387 e. The van der Waals surface area contributed by atoms with E-state index >= 15 is 0 Å². The van der Waals surface area contributed by atoms with Crippen molar-refractivity contribution in [3.05, 3.63) is 27.8 Å². The molecular formula is C13H16F2N2O5. The van der Waals surface area contributed by atoms with E-state index in [2.05, 4.69) is 10.1 Å². The number of nitro groups is 1. The fourth-order valence-electron chi connectivity index (χ4n) is 1.63. The van der Waals surface area contributed by atoms with Gasteiger partial charge in [0.1, 0.15) is 5.56 Å². The summed E-state index contributed by atoms with van der Waals surface area (Å²) in [6.45, 7) is 0.391. The molecule has 0 aliphatic rings. The number of nitrogens with zero attached hydrogens (tertiary/aromatic N) is 1. The Morgan fingerprint density at radius 1 is 1.41 bits per heavy atom. The lowest BCUT2D eigenvalue weighted by Crippen LogP contribution is -2.32. The summed E-state index contributed by atoms with van der Waals surface area (Å²) in [5, 5.41) is 13.6. The molecule has 1 unspecified atom stereocenters. The third-order valence-electron chi connectivity index (χ3n) is 2.93. The van der Waals surface area contributed by atoms with E-state index in [9.17, 15) is 23.7 Å². The van der Waals surface area contributed by atoms with Crippen molar-refractivity contribution < 1.29 is 28.0 Å². The van der Waals surface area contributed by atoms with E-state index in [1.165, 1.54) is 7.11 Å². The molecule has 0 aliphatic heterocycles. The molecule has 22 heavy (non-hydrogen) atoms. The standard InChI is InChI=1S/C13H16F2N2O5/c1-4-7(2)16-12(18)8-5-10(21-3)11(22-13(14)15)6-9(8)17(19)20/h5-7,13H,4H2,1-3H3,(H,16,18). The fraction of sp³-hybridized carbons (Fsp3) is 0.462. The molecule has 9 heteroatoms. The zero-order valence-electron chi connectivity index (χ0n) is 12.3. The van der Waals surface area contributed by atoms with Gasteiger partial charge in [-0.25, -0.2) is 0 Å². The quantitative estimate of drug-likeness (QED) is 0.616. The number of hydrogen-bond donors (Lipinski definition) is 1. The minimum Gasteiger partial charge on any atom is -0.493 e. The largest absolute Gasteiger partial charge is 0.493 e. The SMILES string of the molecule is CCC(C)NC(=O)c1cc(OC)c(OC(F)F)cc1[N+](=O)[O-]. The Bertz CT molecular complexity index is 566. The van der Waals surface area contributed by atoms with Crippen LogP contribution in [0.2, 0.25) is 0 Å². The van der Waals surface area contributed by atoms with Crippen LogP contribution in [0.4, 0.5) is 14.5 Å². The average Bonchev–Trinajstić information content (AvgIpc) is 2.45. The lowest BCUT2D eigenvalue weighted by molar-refractivity contribution is -0.385. The Balaban J connectivity index is 3.31. The number of nitrogens with one attached hydrogen (secondary N) is 1. The Morgan fingerprint density at radius 2 is 2.05 bits per heavy atom. The van der Waals surface area contributed by atoms with Crippen LogP contribution in [0, 0.1) is 10.1 Å². The van der Waals surface area contributed by atoms with Crippen molar-refractivity contribution in [2.24, 2.45) is 0 Å². The van der Waals surface area contributed by atoms with Gasteiger partial charge in [-0.3, -0.25) is 14.9 Å². The molecule has 122 valence electrons. The van der Waals surface area contributed by atoms with Gasteiger partial charge in [-0.05, 0) is 13.3 Å². The van der Waals surface area contributed by atoms with Crippen molar-refractivity contribution in [1.29, 1.82) is 0 Å². The van der Waals surface area contributed by atoms with Crippen LogP contribution in [0.25, 0.3) is 0 Å². The summed E-state index contributed by atoms with van der Waals surface area (Å²) in [5.74, 6) is -1.40. The van der Waals surface area contributed by atoms with E-state index in [-0.39, 0.29) is 17.4 Å². The maximum Gasteiger partial charge on any atom is 0.387 e. The minimum absolute atomic E-state index is 0.194. The van der Waals surface area contributed by atoms with Crippen LogP contribution in [0.15, 0.2) is 12.1 Å². The molecule has 1 atom stereocenters. The Labute approximate surface area is 125 Å². The van der Waals surface area contributed by atoms with Crippen LogP contribution in [0.5, 0.6) is 11.5 Å². The van der Waals surface area contributed by atoms with Gasteiger partial charge in [0.25, 0.3) is 11.6 Å². The molecule has 0 saturated heterocycles. The minimum atomic E-state index is -3.17. The van der Waals surface area contributed by atoms with E-state index < -0.39 is 28.9 Å². The lowest BCUT2D eigenvalue weighted by Gasteiger charge is -2.14. The fourth-order valence-corrected chi connectivity index (χ4v) is 1.63. The molecule has 0 saturated carbocycles. The van der Waals surface area contributed by atoms with Crippen molar-refractivity contribution >= 4 is 11.6 Å². The summed E-state index contributed by atoms with van der Waals surface area (Å²) in [5.41, 5.74) is -0.930. The number of carbonyl (C=O) groups excluding carboxylic acids is 1. The van der Waals surface area contributed by atoms with E-state index in [0.29, 0.717) is 6.42 Å². The summed E-state index contributed by atoms with van der Waals surface area (Å²) in [4.78, 5) is 22.3. The number of alkyl halides is 2. The third kappa shape index (κ3) is 4.27. The molecule has 1 aromatic carbocycles. The summed E-state index contributed by atoms with van der Waals surface area (Å²) in [7, 11) is 1.18. The molecule has 1 aromatic rings. The van der Waals surface area contributed by atoms with E-state index in [4.69, 9.17) is 4.74 Å². The summed E-state index contributed by atoms with van der Waals surface area (Å²) in [6, 6.07) is 1.56. The average molecular weight is 318 g/mol. The molecule has 0 heterocycles. The maximum absolute atomic E-state index is 12.3. The van der Waals surface area contributed by atoms with Gasteiger partial charge in [0.05, 0.1) is 18.1 Å². The van der Waals surface area contributed by atoms with E-state index in [0.717, 1.165) is 12.1 Å². The summed E-state index contributed by atoms with van der Waals surface area (Å²) < 4.78 is 33.7. The summed E-state index contributed by atoms with van der Waals surface area (Å²) in [6.07, 6.45) is 0.628. The first-order valence-corrected chi connectivity index (χ1v) is 6.42. The predicted octanol–water partition coefficient (Wildman–Crippen LogP) is 2.73. The first-order chi connectivity index (χ1) is 10.3. The van der Waals surface area contributed by atoms with Crippen LogP contribution in [-0.4, -0.2) is 30.6 Å². The third-order valence-corrected chi connectivity index (χ3v) is 2.93. The number of hydrogen-bond acceptors (Lipinski definition) is 5. The van der Waals surface area contributed by atoms with Gasteiger partial charge in [0.2, 0.25) is 0 Å². The van der Waals surface area contributed by atoms with Crippen LogP contribution in [0.1, 0.15) is 30.6 Å². The topological polar surface area (TPSA) is 90.7 Å². The number of methoxy groups -OCH3 is 1. The zero-order chi connectivity index (χ0) is 16.9. The molecule has 0 radical (unpaired) electrons. The van der Waals surface area contributed by atoms with E-state index in [1.54, 1.807) is 6.92 Å². The zero-order valence-corrected chi connectivity index (χ0v) is 12.3. The van der Waals surface area contributed by atoms with Gasteiger partial charge in [0.15, 0.2) is 11.5 Å². The van der Waals surface area contributed by atoms with Gasteiger partial charge in [0, 0.05) is 12.1 Å². The first-order valence-electron chi connectivity index (χ1n) is 6.42. The second kappa shape index (κ2) is 7.53. The van der Waals surface area contributed by atoms with Crippen molar-refractivity contribution in [3.63, 3.8) is 0 Å². The number of rotatable bonds is 7. The van der Waals surface area contributed by atoms with Gasteiger partial charge in [-0.2, -0.15) is 8.78 Å². The van der Waals surface area contributed by atoms with Crippen molar-refractivity contribution in [3.8, 4) is 11.5 Å². The highest BCUT2D eigenvalue weighted by Crippen LogP contribution is 2.35. The highest BCUT2D eigenvalue weighted by Gasteiger charge is 2.26. The van der Waals surface area contributed by atoms with Crippen molar-refractivity contribution in [1.82, 2.24) is 5.32 Å². The van der Waals surface area contributed by atoms with Gasteiger partial charge < -0.3 is 14.8 Å². The number of halogens is 2. The number of carbonyl (C=O) groups is 1. The van der Waals surface area contributed by atoms with Gasteiger partial charge >= 0.3 is 6.61 Å². The molecule has 0 aromatic heterocycles. The van der Waals surface area contributed by atoms with E-state index in [1.807, 2.05) is 6.92 Å². The molecule has 0 aliphatic carbocycles. The normalized spacial score (nSPS) is 11.9. The highest BCUT2D eigenvalue weighted by atomic mass is 19.3. The summed E-state index contributed by atoms with van der Waals surface area (Å²) >= 11 is 0. The first kappa shape index (κ1) is 17.6. The second-order valence-corrected chi connectivity index (χ2v) is 4.44. The van der Waals surface area contributed by atoms with Crippen molar-refractivity contribution in [2.75, 3.05) is 7.11 Å². The predicted molar refractivity (Wildman–Crippen MR) is 73.5 cm³/mol. The maximum atomic E-state index is 12.3. The van der Waals surface area contributed by atoms with Crippen LogP contribution in [0.3, 0.4) is 0 Å². The number of amides is 1. The van der Waals surface area contributed by atoms with Gasteiger partial charge in [-0.1, -0.05) is 6.92 Å². The molecule has 7 nitrogen and oxygen atoms in total. The molecule has 1 amide bonds. The van der Waals surface area contributed by atoms with Crippen LogP contribution < -0.4 is 14.8 Å². The molecule has 0 bridgehead atoms. The lowest BCUT2D eigenvalue weighted by atomic mass is 10.1. The van der Waals surface area contributed by atoms with Crippen LogP contribution >= 0.6 is 0 Å². The number of benzene rings is 1. The Hall–Kier alpha value is -2.45.